The fourth-order valence-electron chi connectivity index (χ4n) is 1.36. The molecular formula is C8H14O6. The highest BCUT2D eigenvalue weighted by Gasteiger charge is 2.38. The first-order valence-electron chi connectivity index (χ1n) is 4.34. The van der Waals surface area contributed by atoms with Gasteiger partial charge in [-0.15, -0.1) is 0 Å². The van der Waals surface area contributed by atoms with Gasteiger partial charge in [-0.2, -0.15) is 0 Å². The molecule has 14 heavy (non-hydrogen) atoms. The van der Waals surface area contributed by atoms with Crippen LogP contribution in [0.3, 0.4) is 0 Å². The second-order valence-corrected chi connectivity index (χ2v) is 3.21. The molecule has 4 atom stereocenters. The number of aliphatic hydroxyl groups excluding tert-OH is 3. The first-order valence-corrected chi connectivity index (χ1v) is 4.34. The summed E-state index contributed by atoms with van der Waals surface area (Å²) in [6.45, 7) is 0.921. The SMILES string of the molecule is CC(=O)O[C@H]1C[C@@H](CO)OC(O)[C@@H]1O. The summed E-state index contributed by atoms with van der Waals surface area (Å²) in [7, 11) is 0. The number of hydrogen-bond donors (Lipinski definition) is 3. The summed E-state index contributed by atoms with van der Waals surface area (Å²) in [5, 5.41) is 27.3. The predicted octanol–water partition coefficient (Wildman–Crippen LogP) is -1.62. The minimum Gasteiger partial charge on any atom is -0.459 e. The Kier molecular flexibility index (Phi) is 3.82. The monoisotopic (exact) mass is 206 g/mol. The molecule has 6 nitrogen and oxygen atoms in total. The van der Waals surface area contributed by atoms with E-state index in [4.69, 9.17) is 14.6 Å². The molecule has 0 aromatic heterocycles. The standard InChI is InChI=1S/C8H14O6/c1-4(10)13-6-2-5(3-9)14-8(12)7(6)11/h5-9,11-12H,2-3H2,1H3/t5-,6-,7+,8?/m0/s1. The van der Waals surface area contributed by atoms with Crippen LogP contribution in [0.1, 0.15) is 13.3 Å². The third-order valence-corrected chi connectivity index (χ3v) is 2.02. The van der Waals surface area contributed by atoms with Crippen molar-refractivity contribution in [2.75, 3.05) is 6.61 Å². The zero-order valence-corrected chi connectivity index (χ0v) is 7.79. The Morgan fingerprint density at radius 1 is 1.57 bits per heavy atom. The van der Waals surface area contributed by atoms with Crippen molar-refractivity contribution in [3.8, 4) is 0 Å². The Labute approximate surface area is 81.1 Å². The van der Waals surface area contributed by atoms with Crippen LogP contribution in [-0.2, 0) is 14.3 Å². The van der Waals surface area contributed by atoms with Gasteiger partial charge in [-0.3, -0.25) is 4.79 Å². The van der Waals surface area contributed by atoms with Crippen LogP contribution < -0.4 is 0 Å². The van der Waals surface area contributed by atoms with E-state index in [1.165, 1.54) is 6.92 Å². The van der Waals surface area contributed by atoms with Crippen molar-refractivity contribution < 1.29 is 29.6 Å². The summed E-state index contributed by atoms with van der Waals surface area (Å²) < 4.78 is 9.59. The molecule has 0 amide bonds. The summed E-state index contributed by atoms with van der Waals surface area (Å²) in [4.78, 5) is 10.6. The van der Waals surface area contributed by atoms with Gasteiger partial charge in [0.2, 0.25) is 0 Å². The van der Waals surface area contributed by atoms with Crippen molar-refractivity contribution in [2.45, 2.75) is 37.9 Å². The molecule has 1 fully saturated rings. The number of hydrogen-bond acceptors (Lipinski definition) is 6. The number of carbonyl (C=O) groups is 1. The topological polar surface area (TPSA) is 96.2 Å². The smallest absolute Gasteiger partial charge is 0.302 e. The fraction of sp³-hybridized carbons (Fsp3) is 0.875. The van der Waals surface area contributed by atoms with E-state index in [1.807, 2.05) is 0 Å². The maximum absolute atomic E-state index is 10.6. The lowest BCUT2D eigenvalue weighted by Gasteiger charge is -2.35. The number of ether oxygens (including phenoxy) is 2. The summed E-state index contributed by atoms with van der Waals surface area (Å²) in [6.07, 6.45) is -3.95. The van der Waals surface area contributed by atoms with Crippen molar-refractivity contribution in [3.63, 3.8) is 0 Å². The highest BCUT2D eigenvalue weighted by molar-refractivity contribution is 5.66. The number of carbonyl (C=O) groups excluding carboxylic acids is 1. The normalized spacial score (nSPS) is 38.0. The van der Waals surface area contributed by atoms with Gasteiger partial charge in [-0.05, 0) is 0 Å². The molecule has 1 unspecified atom stereocenters. The van der Waals surface area contributed by atoms with Gasteiger partial charge >= 0.3 is 5.97 Å². The molecule has 0 saturated carbocycles. The maximum atomic E-state index is 10.6. The Bertz CT molecular complexity index is 206. The lowest BCUT2D eigenvalue weighted by Crippen LogP contribution is -2.50. The van der Waals surface area contributed by atoms with Gasteiger partial charge < -0.3 is 24.8 Å². The van der Waals surface area contributed by atoms with E-state index in [9.17, 15) is 15.0 Å². The number of rotatable bonds is 2. The Balaban J connectivity index is 2.57. The first-order chi connectivity index (χ1) is 6.54. The molecule has 82 valence electrons. The molecule has 0 radical (unpaired) electrons. The van der Waals surface area contributed by atoms with Crippen LogP contribution in [0.15, 0.2) is 0 Å². The van der Waals surface area contributed by atoms with Gasteiger partial charge in [0.05, 0.1) is 12.7 Å². The number of aliphatic hydroxyl groups is 3. The van der Waals surface area contributed by atoms with Gasteiger partial charge in [0.25, 0.3) is 0 Å². The first kappa shape index (κ1) is 11.4. The van der Waals surface area contributed by atoms with E-state index >= 15 is 0 Å². The average Bonchev–Trinajstić information content (AvgIpc) is 2.11. The van der Waals surface area contributed by atoms with Crippen molar-refractivity contribution in [2.24, 2.45) is 0 Å². The highest BCUT2D eigenvalue weighted by atomic mass is 16.6. The van der Waals surface area contributed by atoms with Gasteiger partial charge in [0, 0.05) is 13.3 Å². The summed E-state index contributed by atoms with van der Waals surface area (Å²) >= 11 is 0. The van der Waals surface area contributed by atoms with E-state index in [0.29, 0.717) is 0 Å². The van der Waals surface area contributed by atoms with Gasteiger partial charge in [-0.1, -0.05) is 0 Å². The van der Waals surface area contributed by atoms with Gasteiger partial charge in [0.15, 0.2) is 6.29 Å². The van der Waals surface area contributed by atoms with Crippen LogP contribution in [0.25, 0.3) is 0 Å². The van der Waals surface area contributed by atoms with Crippen LogP contribution in [0.4, 0.5) is 0 Å². The predicted molar refractivity (Wildman–Crippen MR) is 44.1 cm³/mol. The average molecular weight is 206 g/mol. The quantitative estimate of drug-likeness (QED) is 0.470. The van der Waals surface area contributed by atoms with Crippen molar-refractivity contribution in [1.82, 2.24) is 0 Å². The van der Waals surface area contributed by atoms with Crippen molar-refractivity contribution in [1.29, 1.82) is 0 Å². The third kappa shape index (κ3) is 2.65. The number of esters is 1. The molecule has 0 spiro atoms. The molecule has 1 rings (SSSR count). The molecule has 1 aliphatic heterocycles. The molecule has 6 heteroatoms. The minimum absolute atomic E-state index is 0.175. The van der Waals surface area contributed by atoms with Crippen molar-refractivity contribution >= 4 is 5.97 Å². The molecule has 0 aromatic carbocycles. The Morgan fingerprint density at radius 2 is 2.21 bits per heavy atom. The molecule has 0 aliphatic carbocycles. The summed E-state index contributed by atoms with van der Waals surface area (Å²) in [5.41, 5.74) is 0. The zero-order chi connectivity index (χ0) is 10.7. The summed E-state index contributed by atoms with van der Waals surface area (Å²) in [6, 6.07) is 0. The lowest BCUT2D eigenvalue weighted by molar-refractivity contribution is -0.256. The molecule has 3 N–H and O–H groups in total. The van der Waals surface area contributed by atoms with Crippen LogP contribution in [-0.4, -0.2) is 52.5 Å². The molecular weight excluding hydrogens is 192 g/mol. The van der Waals surface area contributed by atoms with E-state index in [2.05, 4.69) is 0 Å². The zero-order valence-electron chi connectivity index (χ0n) is 7.79. The molecule has 0 aromatic rings. The van der Waals surface area contributed by atoms with Crippen LogP contribution in [0.2, 0.25) is 0 Å². The summed E-state index contributed by atoms with van der Waals surface area (Å²) in [5.74, 6) is -0.542. The Hall–Kier alpha value is -0.690. The van der Waals surface area contributed by atoms with E-state index in [0.717, 1.165) is 0 Å². The van der Waals surface area contributed by atoms with E-state index in [-0.39, 0.29) is 13.0 Å². The molecule has 1 aliphatic rings. The van der Waals surface area contributed by atoms with Gasteiger partial charge in [0.1, 0.15) is 12.2 Å². The van der Waals surface area contributed by atoms with Gasteiger partial charge in [-0.25, -0.2) is 0 Å². The minimum atomic E-state index is -1.43. The molecule has 0 bridgehead atoms. The highest BCUT2D eigenvalue weighted by Crippen LogP contribution is 2.21. The van der Waals surface area contributed by atoms with Crippen LogP contribution >= 0.6 is 0 Å². The third-order valence-electron chi connectivity index (χ3n) is 2.02. The van der Waals surface area contributed by atoms with E-state index in [1.54, 1.807) is 0 Å². The van der Waals surface area contributed by atoms with Crippen molar-refractivity contribution in [3.05, 3.63) is 0 Å². The molecule has 1 saturated heterocycles. The van der Waals surface area contributed by atoms with Crippen LogP contribution in [0.5, 0.6) is 0 Å². The second-order valence-electron chi connectivity index (χ2n) is 3.21. The molecule has 1 heterocycles. The second kappa shape index (κ2) is 4.70. The van der Waals surface area contributed by atoms with Crippen LogP contribution in [0, 0.1) is 0 Å². The fourth-order valence-corrected chi connectivity index (χ4v) is 1.36. The van der Waals surface area contributed by atoms with E-state index < -0.39 is 30.6 Å². The Morgan fingerprint density at radius 3 is 2.71 bits per heavy atom. The lowest BCUT2D eigenvalue weighted by atomic mass is 10.0. The maximum Gasteiger partial charge on any atom is 0.302 e. The largest absolute Gasteiger partial charge is 0.459 e.